The molecule has 2 unspecified atom stereocenters. The summed E-state index contributed by atoms with van der Waals surface area (Å²) in [5, 5.41) is 3.23. The first-order valence-corrected chi connectivity index (χ1v) is 8.24. The molecule has 3 amide bonds. The third-order valence-electron chi connectivity index (χ3n) is 3.66. The number of nitrogens with one attached hydrogen (secondary N) is 1. The number of hydrogen-bond donors (Lipinski definition) is 1. The van der Waals surface area contributed by atoms with Gasteiger partial charge in [0.05, 0.1) is 0 Å². The summed E-state index contributed by atoms with van der Waals surface area (Å²) in [6.07, 6.45) is 4.65. The summed E-state index contributed by atoms with van der Waals surface area (Å²) in [5.74, 6) is 0.486. The number of nitrogens with zero attached hydrogens (tertiary/aromatic N) is 3. The highest BCUT2D eigenvalue weighted by Crippen LogP contribution is 2.28. The molecule has 2 aliphatic rings. The highest BCUT2D eigenvalue weighted by molar-refractivity contribution is 8.13. The van der Waals surface area contributed by atoms with Crippen LogP contribution in [0.15, 0.2) is 17.6 Å². The molecule has 1 fully saturated rings. The molecule has 7 heteroatoms. The predicted molar refractivity (Wildman–Crippen MR) is 85.2 cm³/mol. The first kappa shape index (κ1) is 15.9. The summed E-state index contributed by atoms with van der Waals surface area (Å²) in [6, 6.07) is -0.787. The largest absolute Gasteiger partial charge is 0.336 e. The van der Waals surface area contributed by atoms with Crippen molar-refractivity contribution in [3.8, 4) is 0 Å². The molecule has 2 atom stereocenters. The molecule has 2 aliphatic heterocycles. The Labute approximate surface area is 129 Å². The van der Waals surface area contributed by atoms with Crippen molar-refractivity contribution in [3.05, 3.63) is 12.7 Å². The van der Waals surface area contributed by atoms with Gasteiger partial charge in [-0.05, 0) is 6.42 Å². The van der Waals surface area contributed by atoms with Gasteiger partial charge in [-0.3, -0.25) is 10.1 Å². The van der Waals surface area contributed by atoms with Gasteiger partial charge in [0.1, 0.15) is 0 Å². The second-order valence-electron chi connectivity index (χ2n) is 5.18. The molecule has 0 aromatic rings. The number of unbranched alkanes of at least 4 members (excludes halogenated alkanes) is 2. The van der Waals surface area contributed by atoms with Crippen LogP contribution in [0.5, 0.6) is 0 Å². The Morgan fingerprint density at radius 1 is 1.43 bits per heavy atom. The maximum absolute atomic E-state index is 12.2. The van der Waals surface area contributed by atoms with Crippen molar-refractivity contribution < 1.29 is 9.59 Å². The SMILES string of the molecule is C=CCSC1=NC2C(C(=O)NC(=O)N2C)N1CCCCC. The van der Waals surface area contributed by atoms with Gasteiger partial charge in [-0.15, -0.1) is 6.58 Å². The molecule has 0 aromatic heterocycles. The average molecular weight is 310 g/mol. The molecule has 0 saturated carbocycles. The van der Waals surface area contributed by atoms with Crippen molar-refractivity contribution >= 4 is 28.9 Å². The Morgan fingerprint density at radius 2 is 2.19 bits per heavy atom. The van der Waals surface area contributed by atoms with E-state index in [0.29, 0.717) is 0 Å². The minimum absolute atomic E-state index is 0.252. The fourth-order valence-corrected chi connectivity index (χ4v) is 3.34. The third kappa shape index (κ3) is 3.23. The fourth-order valence-electron chi connectivity index (χ4n) is 2.52. The molecule has 116 valence electrons. The number of likely N-dealkylation sites (N-methyl/N-ethyl adjacent to an activating group) is 1. The normalized spacial score (nSPS) is 24.8. The van der Waals surface area contributed by atoms with Crippen LogP contribution < -0.4 is 5.32 Å². The monoisotopic (exact) mass is 310 g/mol. The number of carbonyl (C=O) groups excluding carboxylic acids is 2. The lowest BCUT2D eigenvalue weighted by atomic mass is 10.1. The molecular weight excluding hydrogens is 288 g/mol. The Kier molecular flexibility index (Phi) is 5.27. The highest BCUT2D eigenvalue weighted by atomic mass is 32.2. The summed E-state index contributed by atoms with van der Waals surface area (Å²) in [7, 11) is 1.67. The van der Waals surface area contributed by atoms with Crippen LogP contribution in [0.2, 0.25) is 0 Å². The van der Waals surface area contributed by atoms with Gasteiger partial charge in [-0.25, -0.2) is 9.79 Å². The highest BCUT2D eigenvalue weighted by Gasteiger charge is 2.48. The summed E-state index contributed by atoms with van der Waals surface area (Å²) < 4.78 is 0. The first-order valence-electron chi connectivity index (χ1n) is 7.26. The van der Waals surface area contributed by atoms with Gasteiger partial charge in [-0.2, -0.15) is 0 Å². The molecule has 0 aromatic carbocycles. The van der Waals surface area contributed by atoms with Crippen LogP contribution in [0.3, 0.4) is 0 Å². The topological polar surface area (TPSA) is 65.0 Å². The van der Waals surface area contributed by atoms with Crippen LogP contribution in [-0.4, -0.2) is 58.5 Å². The average Bonchev–Trinajstić information content (AvgIpc) is 2.82. The molecule has 2 heterocycles. The summed E-state index contributed by atoms with van der Waals surface area (Å²) in [5.41, 5.74) is 0. The Hall–Kier alpha value is -1.50. The van der Waals surface area contributed by atoms with Crippen LogP contribution in [0.1, 0.15) is 26.2 Å². The first-order chi connectivity index (χ1) is 10.1. The number of hydrogen-bond acceptors (Lipinski definition) is 5. The standard InChI is InChI=1S/C14H22N4O2S/c1-4-6-7-8-18-10-11(15-14(18)21-9-5-2)17(3)13(20)16-12(10)19/h5,10-11H,2,4,6-9H2,1,3H3,(H,16,19,20). The molecule has 1 N–H and O–H groups in total. The van der Waals surface area contributed by atoms with Gasteiger partial charge in [0.2, 0.25) is 0 Å². The van der Waals surface area contributed by atoms with Crippen molar-refractivity contribution in [2.75, 3.05) is 19.3 Å². The summed E-state index contributed by atoms with van der Waals surface area (Å²) >= 11 is 1.56. The zero-order chi connectivity index (χ0) is 15.4. The van der Waals surface area contributed by atoms with Gasteiger partial charge in [0, 0.05) is 19.3 Å². The van der Waals surface area contributed by atoms with Crippen LogP contribution >= 0.6 is 11.8 Å². The molecule has 0 aliphatic carbocycles. The molecule has 1 saturated heterocycles. The maximum Gasteiger partial charge on any atom is 0.325 e. The van der Waals surface area contributed by atoms with E-state index < -0.39 is 12.2 Å². The van der Waals surface area contributed by atoms with Crippen LogP contribution in [-0.2, 0) is 4.79 Å². The number of amides is 3. The zero-order valence-electron chi connectivity index (χ0n) is 12.5. The molecule has 0 bridgehead atoms. The van der Waals surface area contributed by atoms with E-state index in [1.54, 1.807) is 18.8 Å². The van der Waals surface area contributed by atoms with E-state index in [0.717, 1.165) is 36.7 Å². The molecule has 21 heavy (non-hydrogen) atoms. The van der Waals surface area contributed by atoms with Crippen molar-refractivity contribution in [1.29, 1.82) is 0 Å². The number of rotatable bonds is 6. The predicted octanol–water partition coefficient (Wildman–Crippen LogP) is 1.64. The lowest BCUT2D eigenvalue weighted by molar-refractivity contribution is -0.127. The van der Waals surface area contributed by atoms with Gasteiger partial charge in [0.15, 0.2) is 17.4 Å². The van der Waals surface area contributed by atoms with E-state index >= 15 is 0 Å². The number of fused-ring (bicyclic) bond motifs is 1. The van der Waals surface area contributed by atoms with Gasteiger partial charge >= 0.3 is 6.03 Å². The van der Waals surface area contributed by atoms with Gasteiger partial charge in [0.25, 0.3) is 5.91 Å². The quantitative estimate of drug-likeness (QED) is 0.598. The van der Waals surface area contributed by atoms with E-state index in [1.807, 2.05) is 11.0 Å². The number of amidine groups is 1. The fraction of sp³-hybridized carbons (Fsp3) is 0.643. The van der Waals surface area contributed by atoms with Gasteiger partial charge < -0.3 is 9.80 Å². The van der Waals surface area contributed by atoms with E-state index in [9.17, 15) is 9.59 Å². The zero-order valence-corrected chi connectivity index (χ0v) is 13.4. The van der Waals surface area contributed by atoms with E-state index in [1.165, 1.54) is 4.90 Å². The number of aliphatic imine (C=N–C) groups is 1. The number of urea groups is 1. The van der Waals surface area contributed by atoms with Crippen LogP contribution in [0.4, 0.5) is 4.79 Å². The molecular formula is C14H22N4O2S. The Balaban J connectivity index is 2.18. The maximum atomic E-state index is 12.2. The van der Waals surface area contributed by atoms with Crippen molar-refractivity contribution in [3.63, 3.8) is 0 Å². The Morgan fingerprint density at radius 3 is 2.86 bits per heavy atom. The van der Waals surface area contributed by atoms with Crippen LogP contribution in [0.25, 0.3) is 0 Å². The van der Waals surface area contributed by atoms with Crippen LogP contribution in [0, 0.1) is 0 Å². The Bertz CT molecular complexity index is 466. The summed E-state index contributed by atoms with van der Waals surface area (Å²) in [4.78, 5) is 32.0. The lowest BCUT2D eigenvalue weighted by Crippen LogP contribution is -2.63. The number of carbonyl (C=O) groups is 2. The van der Waals surface area contributed by atoms with E-state index in [-0.39, 0.29) is 11.9 Å². The van der Waals surface area contributed by atoms with Crippen molar-refractivity contribution in [2.24, 2.45) is 4.99 Å². The second-order valence-corrected chi connectivity index (χ2v) is 6.16. The molecule has 0 radical (unpaired) electrons. The number of imide groups is 1. The minimum Gasteiger partial charge on any atom is -0.336 e. The molecule has 6 nitrogen and oxygen atoms in total. The minimum atomic E-state index is -0.416. The third-order valence-corrected chi connectivity index (χ3v) is 4.66. The summed E-state index contributed by atoms with van der Waals surface area (Å²) in [6.45, 7) is 6.65. The van der Waals surface area contributed by atoms with E-state index in [4.69, 9.17) is 0 Å². The van der Waals surface area contributed by atoms with Crippen molar-refractivity contribution in [2.45, 2.75) is 38.4 Å². The van der Waals surface area contributed by atoms with Gasteiger partial charge in [-0.1, -0.05) is 37.6 Å². The second kappa shape index (κ2) is 6.98. The number of thioether (sulfide) groups is 1. The lowest BCUT2D eigenvalue weighted by Gasteiger charge is -2.36. The molecule has 2 rings (SSSR count). The molecule has 0 spiro atoms. The van der Waals surface area contributed by atoms with E-state index in [2.05, 4.69) is 23.8 Å². The smallest absolute Gasteiger partial charge is 0.325 e. The van der Waals surface area contributed by atoms with Crippen molar-refractivity contribution in [1.82, 2.24) is 15.1 Å².